The summed E-state index contributed by atoms with van der Waals surface area (Å²) < 4.78 is 21.4. The van der Waals surface area contributed by atoms with Crippen molar-refractivity contribution in [2.75, 3.05) is 44.2 Å². The molecule has 0 aliphatic carbocycles. The summed E-state index contributed by atoms with van der Waals surface area (Å²) in [5.41, 5.74) is 4.37. The quantitative estimate of drug-likeness (QED) is 0.228. The number of benzene rings is 2. The fraction of sp³-hybridized carbons (Fsp3) is 0.457. The van der Waals surface area contributed by atoms with Crippen LogP contribution in [-0.4, -0.2) is 81.2 Å². The Balaban J connectivity index is 1.12. The Bertz CT molecular complexity index is 1930. The van der Waals surface area contributed by atoms with Gasteiger partial charge in [-0.2, -0.15) is 4.98 Å². The maximum atomic E-state index is 16.2. The lowest BCUT2D eigenvalue weighted by Gasteiger charge is -2.41. The summed E-state index contributed by atoms with van der Waals surface area (Å²) >= 11 is 0. The summed E-state index contributed by atoms with van der Waals surface area (Å²) in [7, 11) is 0. The van der Waals surface area contributed by atoms with Crippen LogP contribution in [0.1, 0.15) is 74.2 Å². The molecule has 12 heteroatoms. The number of nitrogens with one attached hydrogen (secondary N) is 3. The zero-order valence-electron chi connectivity index (χ0n) is 27.7. The number of nitrogens with zero attached hydrogens (tertiary/aromatic N) is 6. The summed E-state index contributed by atoms with van der Waals surface area (Å²) in [6, 6.07) is 10.2. The summed E-state index contributed by atoms with van der Waals surface area (Å²) in [6.07, 6.45) is 3.92. The zero-order valence-corrected chi connectivity index (χ0v) is 27.7. The molecule has 3 N–H and O–H groups in total. The normalized spacial score (nSPS) is 17.4. The van der Waals surface area contributed by atoms with E-state index in [1.807, 2.05) is 26.8 Å². The van der Waals surface area contributed by atoms with E-state index in [0.717, 1.165) is 55.6 Å². The number of aromatic amines is 1. The standard InChI is InChI=1S/C35H42FN9O2/c1-20-24(21(2)40-33(46)32-42-34(47-43-32)35(3,4)5)8-9-26(29(20)36)30-28-25-7-6-23(18-27(25)41-31(28)39-19-38-30)45-16-14-44(15-17-45)22-10-12-37-13-11-22/h6-9,18-19,21-22,37H,10-17H2,1-5H3,(H,40,46)(H,38,39,41)/t21-/m1/s1. The number of amides is 1. The second kappa shape index (κ2) is 12.3. The van der Waals surface area contributed by atoms with E-state index in [9.17, 15) is 4.79 Å². The van der Waals surface area contributed by atoms with Crippen molar-refractivity contribution in [1.29, 1.82) is 0 Å². The molecule has 0 saturated carbocycles. The van der Waals surface area contributed by atoms with Crippen molar-refractivity contribution in [2.45, 2.75) is 65.0 Å². The van der Waals surface area contributed by atoms with Gasteiger partial charge in [-0.15, -0.1) is 0 Å². The van der Waals surface area contributed by atoms with E-state index >= 15 is 4.39 Å². The number of hydrogen-bond acceptors (Lipinski definition) is 9. The first-order valence-electron chi connectivity index (χ1n) is 16.5. The third kappa shape index (κ3) is 5.96. The topological polar surface area (TPSA) is 128 Å². The minimum absolute atomic E-state index is 0.0538. The van der Waals surface area contributed by atoms with E-state index in [4.69, 9.17) is 4.52 Å². The molecule has 0 unspecified atom stereocenters. The molecule has 2 fully saturated rings. The highest BCUT2D eigenvalue weighted by atomic mass is 19.1. The van der Waals surface area contributed by atoms with E-state index in [-0.39, 0.29) is 11.2 Å². The average molecular weight is 640 g/mol. The smallest absolute Gasteiger partial charge is 0.293 e. The number of hydrogen-bond donors (Lipinski definition) is 3. The van der Waals surface area contributed by atoms with Crippen LogP contribution >= 0.6 is 0 Å². The minimum Gasteiger partial charge on any atom is -0.369 e. The maximum Gasteiger partial charge on any atom is 0.293 e. The molecular formula is C35H42FN9O2. The molecule has 5 aromatic rings. The number of rotatable bonds is 6. The molecule has 3 aromatic heterocycles. The summed E-state index contributed by atoms with van der Waals surface area (Å²) in [6.45, 7) is 15.6. The van der Waals surface area contributed by atoms with Gasteiger partial charge in [-0.25, -0.2) is 14.4 Å². The third-order valence-corrected chi connectivity index (χ3v) is 9.65. The van der Waals surface area contributed by atoms with Crippen molar-refractivity contribution in [1.82, 2.24) is 40.6 Å². The Kier molecular flexibility index (Phi) is 8.17. The first-order chi connectivity index (χ1) is 22.6. The molecule has 47 heavy (non-hydrogen) atoms. The number of carbonyl (C=O) groups is 1. The summed E-state index contributed by atoms with van der Waals surface area (Å²) in [5, 5.41) is 11.9. The van der Waals surface area contributed by atoms with Crippen LogP contribution in [0.4, 0.5) is 10.1 Å². The highest BCUT2D eigenvalue weighted by Crippen LogP contribution is 2.37. The molecule has 0 bridgehead atoms. The molecular weight excluding hydrogens is 597 g/mol. The summed E-state index contributed by atoms with van der Waals surface area (Å²) in [5.74, 6) is -0.560. The molecule has 2 saturated heterocycles. The van der Waals surface area contributed by atoms with Crippen molar-refractivity contribution >= 4 is 33.5 Å². The van der Waals surface area contributed by atoms with Crippen LogP contribution in [0.25, 0.3) is 33.2 Å². The van der Waals surface area contributed by atoms with Crippen molar-refractivity contribution in [3.8, 4) is 11.3 Å². The van der Waals surface area contributed by atoms with E-state index in [1.165, 1.54) is 24.9 Å². The Morgan fingerprint density at radius 2 is 1.85 bits per heavy atom. The van der Waals surface area contributed by atoms with Crippen LogP contribution in [-0.2, 0) is 5.41 Å². The molecule has 7 rings (SSSR count). The highest BCUT2D eigenvalue weighted by Gasteiger charge is 2.28. The molecule has 2 aliphatic rings. The number of piperazine rings is 1. The molecule has 2 aliphatic heterocycles. The number of aromatic nitrogens is 5. The number of fused-ring (bicyclic) bond motifs is 3. The summed E-state index contributed by atoms with van der Waals surface area (Å²) in [4.78, 5) is 34.7. The van der Waals surface area contributed by atoms with E-state index in [0.29, 0.717) is 40.0 Å². The maximum absolute atomic E-state index is 16.2. The number of H-pyrrole nitrogens is 1. The fourth-order valence-corrected chi connectivity index (χ4v) is 6.95. The minimum atomic E-state index is -0.499. The Morgan fingerprint density at radius 1 is 1.09 bits per heavy atom. The second-order valence-corrected chi connectivity index (χ2v) is 13.8. The largest absolute Gasteiger partial charge is 0.369 e. The SMILES string of the molecule is Cc1c([C@@H](C)NC(=O)c2noc(C(C)(C)C)n2)ccc(-c2ncnc3[nH]c4cc(N5CCN(C6CCNCC6)CC5)ccc4c23)c1F. The van der Waals surface area contributed by atoms with E-state index in [2.05, 4.69) is 63.7 Å². The van der Waals surface area contributed by atoms with Crippen LogP contribution in [0.3, 0.4) is 0 Å². The first kappa shape index (κ1) is 31.2. The van der Waals surface area contributed by atoms with Crippen molar-refractivity contribution in [2.24, 2.45) is 0 Å². The highest BCUT2D eigenvalue weighted by molar-refractivity contribution is 6.12. The number of halogens is 1. The molecule has 5 heterocycles. The lowest BCUT2D eigenvalue weighted by molar-refractivity contribution is 0.0926. The Labute approximate surface area is 273 Å². The predicted octanol–water partition coefficient (Wildman–Crippen LogP) is 5.27. The van der Waals surface area contributed by atoms with Crippen LogP contribution in [0.2, 0.25) is 0 Å². The second-order valence-electron chi connectivity index (χ2n) is 13.8. The van der Waals surface area contributed by atoms with Crippen molar-refractivity contribution < 1.29 is 13.7 Å². The molecule has 1 atom stereocenters. The number of carbonyl (C=O) groups excluding carboxylic acids is 1. The van der Waals surface area contributed by atoms with Gasteiger partial charge in [0.1, 0.15) is 17.8 Å². The van der Waals surface area contributed by atoms with Gasteiger partial charge in [-0.3, -0.25) is 9.69 Å². The van der Waals surface area contributed by atoms with Gasteiger partial charge in [0.15, 0.2) is 0 Å². The van der Waals surface area contributed by atoms with Gasteiger partial charge >= 0.3 is 0 Å². The molecule has 0 radical (unpaired) electrons. The van der Waals surface area contributed by atoms with Gasteiger partial charge in [0.2, 0.25) is 5.89 Å². The van der Waals surface area contributed by atoms with Gasteiger partial charge in [-0.1, -0.05) is 38.1 Å². The van der Waals surface area contributed by atoms with Gasteiger partial charge in [0.05, 0.1) is 17.1 Å². The molecule has 0 spiro atoms. The lowest BCUT2D eigenvalue weighted by Crippen LogP contribution is -2.52. The Hall–Kier alpha value is -4.42. The molecule has 246 valence electrons. The predicted molar refractivity (Wildman–Crippen MR) is 180 cm³/mol. The van der Waals surface area contributed by atoms with Crippen molar-refractivity contribution in [3.05, 3.63) is 65.3 Å². The average Bonchev–Trinajstić information content (AvgIpc) is 3.72. The number of anilines is 1. The van der Waals surface area contributed by atoms with Crippen LogP contribution in [0, 0.1) is 12.7 Å². The molecule has 2 aromatic carbocycles. The van der Waals surface area contributed by atoms with Gasteiger partial charge in [0.25, 0.3) is 11.7 Å². The van der Waals surface area contributed by atoms with Crippen LogP contribution in [0.5, 0.6) is 0 Å². The third-order valence-electron chi connectivity index (χ3n) is 9.65. The fourth-order valence-electron chi connectivity index (χ4n) is 6.95. The monoisotopic (exact) mass is 639 g/mol. The van der Waals surface area contributed by atoms with E-state index < -0.39 is 17.8 Å². The van der Waals surface area contributed by atoms with E-state index in [1.54, 1.807) is 19.9 Å². The molecule has 1 amide bonds. The van der Waals surface area contributed by atoms with Crippen LogP contribution in [0.15, 0.2) is 41.2 Å². The zero-order chi connectivity index (χ0) is 32.9. The lowest BCUT2D eigenvalue weighted by atomic mass is 9.96. The van der Waals surface area contributed by atoms with Gasteiger partial charge < -0.3 is 25.0 Å². The van der Waals surface area contributed by atoms with Crippen LogP contribution < -0.4 is 15.5 Å². The Morgan fingerprint density at radius 3 is 2.57 bits per heavy atom. The van der Waals surface area contributed by atoms with Crippen molar-refractivity contribution in [3.63, 3.8) is 0 Å². The van der Waals surface area contributed by atoms with Gasteiger partial charge in [0, 0.05) is 59.8 Å². The molecule has 11 nitrogen and oxygen atoms in total. The van der Waals surface area contributed by atoms with Gasteiger partial charge in [-0.05, 0) is 69.1 Å². The number of piperidine rings is 1. The first-order valence-corrected chi connectivity index (χ1v) is 16.5.